The number of amides is 2. The number of nitrogens with one attached hydrogen (secondary N) is 1. The molecule has 1 saturated carbocycles. The van der Waals surface area contributed by atoms with E-state index in [1.54, 1.807) is 42.5 Å². The van der Waals surface area contributed by atoms with E-state index >= 15 is 0 Å². The highest BCUT2D eigenvalue weighted by Crippen LogP contribution is 2.26. The van der Waals surface area contributed by atoms with Crippen LogP contribution in [0.5, 0.6) is 0 Å². The summed E-state index contributed by atoms with van der Waals surface area (Å²) in [5.41, 5.74) is 2.72. The minimum atomic E-state index is -4.32. The molecule has 5 rings (SSSR count). The molecule has 0 heterocycles. The molecule has 0 aromatic heterocycles. The Kier molecular flexibility index (Phi) is 11.3. The fraction of sp³-hybridized carbons (Fsp3) is 0.297. The number of carbonyl (C=O) groups excluding carboxylic acids is 2. The monoisotopic (exact) mass is 675 g/mol. The highest BCUT2D eigenvalue weighted by Gasteiger charge is 2.35. The van der Waals surface area contributed by atoms with Crippen LogP contribution in [0.15, 0.2) is 108 Å². The van der Waals surface area contributed by atoms with Gasteiger partial charge < -0.3 is 10.2 Å². The summed E-state index contributed by atoms with van der Waals surface area (Å²) < 4.78 is 43.0. The second-order valence-electron chi connectivity index (χ2n) is 12.0. The SMILES string of the molecule is Cc1ccc(N(CC(=O)N(Cc2cccc(Cl)c2)C(Cc2ccccc2)C(=O)NC2CCCCC2)S(=O)(=O)c2ccc(F)cc2)cc1. The molecule has 1 unspecified atom stereocenters. The zero-order valence-corrected chi connectivity index (χ0v) is 27.9. The fourth-order valence-corrected chi connectivity index (χ4v) is 7.53. The number of aryl methyl sites for hydroxylation is 1. The van der Waals surface area contributed by atoms with Gasteiger partial charge in [0.2, 0.25) is 11.8 Å². The zero-order chi connectivity index (χ0) is 33.4. The van der Waals surface area contributed by atoms with Crippen LogP contribution in [0.25, 0.3) is 0 Å². The first-order valence-electron chi connectivity index (χ1n) is 15.8. The Morgan fingerprint density at radius 3 is 2.19 bits per heavy atom. The Morgan fingerprint density at radius 1 is 0.872 bits per heavy atom. The van der Waals surface area contributed by atoms with Crippen molar-refractivity contribution in [3.63, 3.8) is 0 Å². The van der Waals surface area contributed by atoms with E-state index in [1.807, 2.05) is 43.3 Å². The number of nitrogens with zero attached hydrogens (tertiary/aromatic N) is 2. The fourth-order valence-electron chi connectivity index (χ4n) is 5.90. The number of halogens is 2. The van der Waals surface area contributed by atoms with Gasteiger partial charge in [-0.15, -0.1) is 0 Å². The van der Waals surface area contributed by atoms with Crippen molar-refractivity contribution in [3.05, 3.63) is 131 Å². The maximum Gasteiger partial charge on any atom is 0.264 e. The maximum atomic E-state index is 14.6. The number of hydrogen-bond acceptors (Lipinski definition) is 4. The van der Waals surface area contributed by atoms with Gasteiger partial charge in [-0.1, -0.05) is 91.0 Å². The predicted molar refractivity (Wildman–Crippen MR) is 183 cm³/mol. The summed E-state index contributed by atoms with van der Waals surface area (Å²) >= 11 is 6.33. The smallest absolute Gasteiger partial charge is 0.264 e. The Morgan fingerprint density at radius 2 is 1.53 bits per heavy atom. The van der Waals surface area contributed by atoms with Gasteiger partial charge in [0.15, 0.2) is 0 Å². The van der Waals surface area contributed by atoms with Gasteiger partial charge >= 0.3 is 0 Å². The van der Waals surface area contributed by atoms with E-state index in [0.29, 0.717) is 10.6 Å². The molecule has 4 aromatic rings. The summed E-state index contributed by atoms with van der Waals surface area (Å²) in [5, 5.41) is 3.67. The van der Waals surface area contributed by atoms with Gasteiger partial charge in [0, 0.05) is 24.0 Å². The number of sulfonamides is 1. The van der Waals surface area contributed by atoms with Crippen molar-refractivity contribution in [1.29, 1.82) is 0 Å². The number of hydrogen-bond donors (Lipinski definition) is 1. The van der Waals surface area contributed by atoms with E-state index in [-0.39, 0.29) is 35.5 Å². The summed E-state index contributed by atoms with van der Waals surface area (Å²) in [7, 11) is -4.32. The average Bonchev–Trinajstić information content (AvgIpc) is 3.06. The highest BCUT2D eigenvalue weighted by atomic mass is 35.5. The van der Waals surface area contributed by atoms with Gasteiger partial charge in [-0.2, -0.15) is 0 Å². The molecule has 1 atom stereocenters. The average molecular weight is 676 g/mol. The van der Waals surface area contributed by atoms with Crippen LogP contribution in [0.2, 0.25) is 5.02 Å². The summed E-state index contributed by atoms with van der Waals surface area (Å²) in [6, 6.07) is 26.8. The normalized spacial score (nSPS) is 14.3. The molecule has 1 aliphatic carbocycles. The molecule has 0 aliphatic heterocycles. The summed E-state index contributed by atoms with van der Waals surface area (Å²) in [4.78, 5) is 30.0. The van der Waals surface area contributed by atoms with Gasteiger partial charge in [0.05, 0.1) is 10.6 Å². The van der Waals surface area contributed by atoms with E-state index < -0.39 is 34.3 Å². The zero-order valence-electron chi connectivity index (χ0n) is 26.3. The van der Waals surface area contributed by atoms with Gasteiger partial charge in [0.1, 0.15) is 18.4 Å². The Bertz CT molecular complexity index is 1760. The number of anilines is 1. The minimum Gasteiger partial charge on any atom is -0.352 e. The second kappa shape index (κ2) is 15.6. The van der Waals surface area contributed by atoms with Crippen LogP contribution in [-0.2, 0) is 32.6 Å². The molecule has 0 spiro atoms. The Balaban J connectivity index is 1.56. The Hall–Kier alpha value is -4.21. The first kappa shape index (κ1) is 34.1. The van der Waals surface area contributed by atoms with Gasteiger partial charge in [-0.05, 0) is 79.4 Å². The third-order valence-corrected chi connectivity index (χ3v) is 10.5. The molecular formula is C37H39ClFN3O4S. The number of benzene rings is 4. The van der Waals surface area contributed by atoms with Crippen molar-refractivity contribution in [3.8, 4) is 0 Å². The Labute approximate surface area is 281 Å². The van der Waals surface area contributed by atoms with E-state index in [4.69, 9.17) is 11.6 Å². The van der Waals surface area contributed by atoms with Crippen molar-refractivity contribution >= 4 is 39.1 Å². The molecule has 4 aromatic carbocycles. The molecule has 47 heavy (non-hydrogen) atoms. The summed E-state index contributed by atoms with van der Waals surface area (Å²) in [5.74, 6) is -1.45. The second-order valence-corrected chi connectivity index (χ2v) is 14.3. The standard InChI is InChI=1S/C37H39ClFN3O4S/c1-27-15-19-33(20-16-27)42(47(45,46)34-21-17-31(39)18-22-34)26-36(43)41(25-29-11-8-12-30(38)23-29)35(24-28-9-4-2-5-10-28)37(44)40-32-13-6-3-7-14-32/h2,4-5,8-12,15-23,32,35H,3,6-7,13-14,24-26H2,1H3,(H,40,44). The van der Waals surface area contributed by atoms with E-state index in [1.165, 1.54) is 17.0 Å². The number of rotatable bonds is 12. The lowest BCUT2D eigenvalue weighted by molar-refractivity contribution is -0.140. The first-order valence-corrected chi connectivity index (χ1v) is 17.6. The molecule has 0 bridgehead atoms. The van der Waals surface area contributed by atoms with Crippen LogP contribution in [0.3, 0.4) is 0 Å². The van der Waals surface area contributed by atoms with Gasteiger partial charge in [-0.25, -0.2) is 12.8 Å². The van der Waals surface area contributed by atoms with E-state index in [9.17, 15) is 22.4 Å². The topological polar surface area (TPSA) is 86.8 Å². The summed E-state index contributed by atoms with van der Waals surface area (Å²) in [6.45, 7) is 1.30. The van der Waals surface area contributed by atoms with Gasteiger partial charge in [0.25, 0.3) is 10.0 Å². The molecule has 0 saturated heterocycles. The third-order valence-electron chi connectivity index (χ3n) is 8.47. The molecule has 246 valence electrons. The van der Waals surface area contributed by atoms with Crippen molar-refractivity contribution in [2.75, 3.05) is 10.8 Å². The lowest BCUT2D eigenvalue weighted by Gasteiger charge is -2.35. The first-order chi connectivity index (χ1) is 22.6. The minimum absolute atomic E-state index is 0.000515. The van der Waals surface area contributed by atoms with Gasteiger partial charge in [-0.3, -0.25) is 13.9 Å². The largest absolute Gasteiger partial charge is 0.352 e. The molecule has 2 amide bonds. The molecule has 10 heteroatoms. The molecule has 1 fully saturated rings. The van der Waals surface area contributed by atoms with Crippen LogP contribution in [-0.4, -0.2) is 43.8 Å². The quantitative estimate of drug-likeness (QED) is 0.174. The lowest BCUT2D eigenvalue weighted by atomic mass is 9.94. The predicted octanol–water partition coefficient (Wildman–Crippen LogP) is 7.07. The van der Waals surface area contributed by atoms with Crippen molar-refractivity contribution < 1.29 is 22.4 Å². The van der Waals surface area contributed by atoms with Crippen molar-refractivity contribution in [2.24, 2.45) is 0 Å². The van der Waals surface area contributed by atoms with E-state index in [2.05, 4.69) is 5.32 Å². The van der Waals surface area contributed by atoms with Crippen LogP contribution >= 0.6 is 11.6 Å². The molecule has 0 radical (unpaired) electrons. The molecule has 1 aliphatic rings. The third kappa shape index (κ3) is 8.99. The van der Waals surface area contributed by atoms with Crippen LogP contribution in [0, 0.1) is 12.7 Å². The molecule has 7 nitrogen and oxygen atoms in total. The maximum absolute atomic E-state index is 14.6. The lowest BCUT2D eigenvalue weighted by Crippen LogP contribution is -2.55. The van der Waals surface area contributed by atoms with E-state index in [0.717, 1.165) is 59.7 Å². The summed E-state index contributed by atoms with van der Waals surface area (Å²) in [6.07, 6.45) is 5.11. The highest BCUT2D eigenvalue weighted by molar-refractivity contribution is 7.92. The van der Waals surface area contributed by atoms with Crippen molar-refractivity contribution in [2.45, 2.75) is 69.0 Å². The number of carbonyl (C=O) groups is 2. The molecular weight excluding hydrogens is 637 g/mol. The van der Waals surface area contributed by atoms with Crippen LogP contribution < -0.4 is 9.62 Å². The molecule has 1 N–H and O–H groups in total. The van der Waals surface area contributed by atoms with Crippen LogP contribution in [0.4, 0.5) is 10.1 Å². The van der Waals surface area contributed by atoms with Crippen LogP contribution in [0.1, 0.15) is 48.8 Å². The van der Waals surface area contributed by atoms with Crippen molar-refractivity contribution in [1.82, 2.24) is 10.2 Å².